The molecule has 33 heavy (non-hydrogen) atoms. The van der Waals surface area contributed by atoms with Crippen LogP contribution in [0, 0.1) is 6.92 Å². The predicted molar refractivity (Wildman–Crippen MR) is 133 cm³/mol. The Kier molecular flexibility index (Phi) is 8.88. The van der Waals surface area contributed by atoms with Crippen molar-refractivity contribution in [2.24, 2.45) is 0 Å². The van der Waals surface area contributed by atoms with Gasteiger partial charge in [-0.1, -0.05) is 31.5 Å². The van der Waals surface area contributed by atoms with Gasteiger partial charge in [-0.05, 0) is 62.2 Å². The van der Waals surface area contributed by atoms with Crippen LogP contribution in [0.25, 0.3) is 0 Å². The molecule has 0 radical (unpaired) electrons. The number of nitrogens with one attached hydrogen (secondary N) is 2. The van der Waals surface area contributed by atoms with E-state index in [0.29, 0.717) is 17.8 Å². The lowest BCUT2D eigenvalue weighted by molar-refractivity contribution is 0.0940. The highest BCUT2D eigenvalue weighted by atomic mass is 32.2. The normalized spacial score (nSPS) is 15.4. The molecule has 1 aliphatic heterocycles. The molecule has 0 saturated carbocycles. The van der Waals surface area contributed by atoms with E-state index >= 15 is 0 Å². The zero-order valence-electron chi connectivity index (χ0n) is 19.9. The van der Waals surface area contributed by atoms with Gasteiger partial charge in [0.2, 0.25) is 0 Å². The van der Waals surface area contributed by atoms with Crippen molar-refractivity contribution < 1.29 is 13.2 Å². The molecule has 2 aromatic rings. The highest BCUT2D eigenvalue weighted by Gasteiger charge is 2.19. The van der Waals surface area contributed by atoms with Crippen LogP contribution in [0.1, 0.15) is 41.3 Å². The van der Waals surface area contributed by atoms with Crippen LogP contribution < -0.4 is 10.0 Å². The first kappa shape index (κ1) is 25.2. The maximum absolute atomic E-state index is 12.9. The Morgan fingerprint density at radius 1 is 1.03 bits per heavy atom. The third-order valence-electron chi connectivity index (χ3n) is 6.10. The summed E-state index contributed by atoms with van der Waals surface area (Å²) in [7, 11) is -1.69. The Labute approximate surface area is 198 Å². The summed E-state index contributed by atoms with van der Waals surface area (Å²) >= 11 is 0. The summed E-state index contributed by atoms with van der Waals surface area (Å²) < 4.78 is 28.5. The Morgan fingerprint density at radius 3 is 2.39 bits per heavy atom. The van der Waals surface area contributed by atoms with Crippen molar-refractivity contribution in [1.29, 1.82) is 0 Å². The fourth-order valence-electron chi connectivity index (χ4n) is 3.84. The summed E-state index contributed by atoms with van der Waals surface area (Å²) in [6.07, 6.45) is 3.21. The lowest BCUT2D eigenvalue weighted by atomic mass is 10.1. The molecule has 1 aliphatic rings. The van der Waals surface area contributed by atoms with Crippen molar-refractivity contribution in [1.82, 2.24) is 15.1 Å². The lowest BCUT2D eigenvalue weighted by Gasteiger charge is -2.32. The number of rotatable bonds is 10. The number of aryl methyl sites for hydroxylation is 2. The molecular weight excluding hydrogens is 436 g/mol. The van der Waals surface area contributed by atoms with E-state index in [-0.39, 0.29) is 10.8 Å². The van der Waals surface area contributed by atoms with E-state index in [4.69, 9.17) is 0 Å². The van der Waals surface area contributed by atoms with E-state index in [2.05, 4.69) is 33.8 Å². The van der Waals surface area contributed by atoms with Gasteiger partial charge in [-0.15, -0.1) is 0 Å². The molecule has 2 N–H and O–H groups in total. The topological polar surface area (TPSA) is 81.7 Å². The van der Waals surface area contributed by atoms with E-state index in [0.717, 1.165) is 57.5 Å². The van der Waals surface area contributed by atoms with Gasteiger partial charge >= 0.3 is 0 Å². The van der Waals surface area contributed by atoms with Gasteiger partial charge in [0.25, 0.3) is 15.9 Å². The number of carbonyl (C=O) groups is 1. The van der Waals surface area contributed by atoms with Crippen LogP contribution in [0.2, 0.25) is 0 Å². The van der Waals surface area contributed by atoms with Crippen LogP contribution >= 0.6 is 0 Å². The monoisotopic (exact) mass is 472 g/mol. The minimum atomic E-state index is -3.80. The Balaban J connectivity index is 1.62. The highest BCUT2D eigenvalue weighted by Crippen LogP contribution is 2.20. The van der Waals surface area contributed by atoms with Crippen LogP contribution in [0.15, 0.2) is 47.4 Å². The lowest BCUT2D eigenvalue weighted by Crippen LogP contribution is -2.46. The number of benzene rings is 2. The summed E-state index contributed by atoms with van der Waals surface area (Å²) in [5, 5.41) is 2.94. The van der Waals surface area contributed by atoms with E-state index in [9.17, 15) is 13.2 Å². The van der Waals surface area contributed by atoms with E-state index in [1.165, 1.54) is 17.7 Å². The fraction of sp³-hybridized carbons (Fsp3) is 0.480. The predicted octanol–water partition coefficient (Wildman–Crippen LogP) is 3.12. The number of carbonyl (C=O) groups excluding carboxylic acids is 1. The Bertz CT molecular complexity index is 1030. The zero-order chi connectivity index (χ0) is 23.8. The molecule has 0 atom stereocenters. The van der Waals surface area contributed by atoms with E-state index in [1.54, 1.807) is 18.2 Å². The van der Waals surface area contributed by atoms with Crippen LogP contribution in [0.5, 0.6) is 0 Å². The zero-order valence-corrected chi connectivity index (χ0v) is 20.7. The maximum atomic E-state index is 12.9. The molecule has 8 heteroatoms. The molecule has 1 amide bonds. The molecule has 0 unspecified atom stereocenters. The molecule has 2 aromatic carbocycles. The van der Waals surface area contributed by atoms with Crippen LogP contribution in [-0.4, -0.2) is 70.4 Å². The fourth-order valence-corrected chi connectivity index (χ4v) is 4.93. The average Bonchev–Trinajstić information content (AvgIpc) is 2.80. The van der Waals surface area contributed by atoms with Gasteiger partial charge < -0.3 is 10.2 Å². The molecule has 7 nitrogen and oxygen atoms in total. The number of hydrogen-bond acceptors (Lipinski definition) is 5. The van der Waals surface area contributed by atoms with Crippen LogP contribution in [0.4, 0.5) is 5.69 Å². The van der Waals surface area contributed by atoms with Gasteiger partial charge in [-0.2, -0.15) is 0 Å². The van der Waals surface area contributed by atoms with Crippen molar-refractivity contribution >= 4 is 21.6 Å². The van der Waals surface area contributed by atoms with Gasteiger partial charge in [-0.25, -0.2) is 8.42 Å². The van der Waals surface area contributed by atoms with E-state index in [1.807, 2.05) is 19.1 Å². The van der Waals surface area contributed by atoms with Crippen molar-refractivity contribution in [2.45, 2.75) is 38.0 Å². The molecule has 0 bridgehead atoms. The molecule has 1 fully saturated rings. The molecule has 180 valence electrons. The highest BCUT2D eigenvalue weighted by molar-refractivity contribution is 7.92. The molecule has 0 aliphatic carbocycles. The van der Waals surface area contributed by atoms with Crippen molar-refractivity contribution in [2.75, 3.05) is 51.0 Å². The Morgan fingerprint density at radius 2 is 1.73 bits per heavy atom. The number of amides is 1. The minimum absolute atomic E-state index is 0.0763. The smallest absolute Gasteiger partial charge is 0.261 e. The van der Waals surface area contributed by atoms with Crippen molar-refractivity contribution in [3.8, 4) is 0 Å². The SMILES string of the molecule is CCCCc1ccc(NS(=O)(=O)c2ccc(C)c(C(=O)NCCN3CCN(C)CC3)c2)cc1. The molecule has 0 aromatic heterocycles. The van der Waals surface area contributed by atoms with Gasteiger partial charge in [0.15, 0.2) is 0 Å². The average molecular weight is 473 g/mol. The molecule has 1 heterocycles. The second kappa shape index (κ2) is 11.6. The molecule has 1 saturated heterocycles. The number of likely N-dealkylation sites (N-methyl/N-ethyl adjacent to an activating group) is 1. The summed E-state index contributed by atoms with van der Waals surface area (Å²) in [5.74, 6) is -0.251. The first-order chi connectivity index (χ1) is 15.8. The summed E-state index contributed by atoms with van der Waals surface area (Å²) in [6.45, 7) is 9.31. The second-order valence-electron chi connectivity index (χ2n) is 8.78. The number of unbranched alkanes of at least 4 members (excludes halogenated alkanes) is 1. The second-order valence-corrected chi connectivity index (χ2v) is 10.5. The van der Waals surface area contributed by atoms with Crippen LogP contribution in [0.3, 0.4) is 0 Å². The number of anilines is 1. The van der Waals surface area contributed by atoms with Gasteiger partial charge in [0, 0.05) is 50.5 Å². The minimum Gasteiger partial charge on any atom is -0.351 e. The number of sulfonamides is 1. The summed E-state index contributed by atoms with van der Waals surface area (Å²) in [6, 6.07) is 12.1. The molecule has 0 spiro atoms. The van der Waals surface area contributed by atoms with Gasteiger partial charge in [0.1, 0.15) is 0 Å². The third kappa shape index (κ3) is 7.28. The standard InChI is InChI=1S/C25H36N4O3S/c1-4-5-6-21-8-10-22(11-9-21)27-33(31,32)23-12-7-20(2)24(19-23)25(30)26-13-14-29-17-15-28(3)16-18-29/h7-12,19,27H,4-6,13-18H2,1-3H3,(H,26,30). The van der Waals surface area contributed by atoms with Gasteiger partial charge in [-0.3, -0.25) is 14.4 Å². The van der Waals surface area contributed by atoms with Gasteiger partial charge in [0.05, 0.1) is 4.90 Å². The first-order valence-electron chi connectivity index (χ1n) is 11.7. The number of nitrogens with zero attached hydrogens (tertiary/aromatic N) is 2. The Hall–Kier alpha value is -2.42. The quantitative estimate of drug-likeness (QED) is 0.555. The van der Waals surface area contributed by atoms with Crippen LogP contribution in [-0.2, 0) is 16.4 Å². The third-order valence-corrected chi connectivity index (χ3v) is 7.48. The number of piperazine rings is 1. The van der Waals surface area contributed by atoms with Crippen molar-refractivity contribution in [3.05, 3.63) is 59.2 Å². The van der Waals surface area contributed by atoms with E-state index < -0.39 is 10.0 Å². The number of hydrogen-bond donors (Lipinski definition) is 2. The largest absolute Gasteiger partial charge is 0.351 e. The molecule has 3 rings (SSSR count). The summed E-state index contributed by atoms with van der Waals surface area (Å²) in [5.41, 5.74) is 2.82. The summed E-state index contributed by atoms with van der Waals surface area (Å²) in [4.78, 5) is 17.5. The first-order valence-corrected chi connectivity index (χ1v) is 13.2. The van der Waals surface area contributed by atoms with Crippen molar-refractivity contribution in [3.63, 3.8) is 0 Å². The maximum Gasteiger partial charge on any atom is 0.261 e. The molecular formula is C25H36N4O3S.